The molecule has 0 saturated carbocycles. The standard InChI is InChI=1S/C25H26N2O4/c1-18(25(30)31-2)27-21(17-20-11-7-4-8-12-20)14-15-22(24(27)29)26-23(28)16-13-19-9-5-3-6-10-19/h3-12,14-15,18H,13,16-17H2,1-2H3,(H,26,28). The Bertz CT molecular complexity index is 1090. The van der Waals surface area contributed by atoms with Crippen LogP contribution < -0.4 is 10.9 Å². The van der Waals surface area contributed by atoms with Crippen LogP contribution in [0.5, 0.6) is 0 Å². The van der Waals surface area contributed by atoms with Crippen molar-refractivity contribution in [3.63, 3.8) is 0 Å². The van der Waals surface area contributed by atoms with Gasteiger partial charge in [-0.15, -0.1) is 0 Å². The fourth-order valence-corrected chi connectivity index (χ4v) is 3.45. The summed E-state index contributed by atoms with van der Waals surface area (Å²) < 4.78 is 6.24. The van der Waals surface area contributed by atoms with Crippen LogP contribution in [-0.4, -0.2) is 23.6 Å². The highest BCUT2D eigenvalue weighted by Gasteiger charge is 2.22. The quantitative estimate of drug-likeness (QED) is 0.565. The maximum absolute atomic E-state index is 13.2. The van der Waals surface area contributed by atoms with Crippen LogP contribution in [0.25, 0.3) is 0 Å². The Balaban J connectivity index is 1.85. The molecule has 160 valence electrons. The number of nitrogens with one attached hydrogen (secondary N) is 1. The second kappa shape index (κ2) is 10.4. The minimum Gasteiger partial charge on any atom is -0.467 e. The lowest BCUT2D eigenvalue weighted by atomic mass is 10.1. The molecule has 6 heteroatoms. The van der Waals surface area contributed by atoms with Gasteiger partial charge in [0.25, 0.3) is 5.56 Å². The third kappa shape index (κ3) is 5.69. The number of carbonyl (C=O) groups excluding carboxylic acids is 2. The number of hydrogen-bond acceptors (Lipinski definition) is 4. The summed E-state index contributed by atoms with van der Waals surface area (Å²) in [6, 6.07) is 21.9. The van der Waals surface area contributed by atoms with Gasteiger partial charge in [-0.1, -0.05) is 60.7 Å². The van der Waals surface area contributed by atoms with Crippen LogP contribution in [0.2, 0.25) is 0 Å². The van der Waals surface area contributed by atoms with Crippen molar-refractivity contribution in [2.75, 3.05) is 12.4 Å². The van der Waals surface area contributed by atoms with Gasteiger partial charge in [-0.3, -0.25) is 14.2 Å². The lowest BCUT2D eigenvalue weighted by Crippen LogP contribution is -2.33. The van der Waals surface area contributed by atoms with E-state index in [2.05, 4.69) is 5.32 Å². The number of aromatic nitrogens is 1. The molecule has 1 unspecified atom stereocenters. The van der Waals surface area contributed by atoms with Gasteiger partial charge in [0.05, 0.1) is 7.11 Å². The Kier molecular flexibility index (Phi) is 7.38. The molecule has 0 aliphatic carbocycles. The van der Waals surface area contributed by atoms with Gasteiger partial charge in [0.1, 0.15) is 11.7 Å². The Morgan fingerprint density at radius 2 is 1.55 bits per heavy atom. The molecule has 1 amide bonds. The third-order valence-corrected chi connectivity index (χ3v) is 5.12. The number of ether oxygens (including phenoxy) is 1. The molecule has 0 aliphatic heterocycles. The molecule has 0 fully saturated rings. The fraction of sp³-hybridized carbons (Fsp3) is 0.240. The SMILES string of the molecule is COC(=O)C(C)n1c(Cc2ccccc2)ccc(NC(=O)CCc2ccccc2)c1=O. The molecule has 3 rings (SSSR count). The van der Waals surface area contributed by atoms with Crippen molar-refractivity contribution in [1.29, 1.82) is 0 Å². The van der Waals surface area contributed by atoms with Gasteiger partial charge in [-0.2, -0.15) is 0 Å². The maximum atomic E-state index is 13.2. The molecule has 1 heterocycles. The molecule has 31 heavy (non-hydrogen) atoms. The number of anilines is 1. The van der Waals surface area contributed by atoms with E-state index in [1.165, 1.54) is 11.7 Å². The van der Waals surface area contributed by atoms with Crippen LogP contribution in [0.3, 0.4) is 0 Å². The van der Waals surface area contributed by atoms with Gasteiger partial charge >= 0.3 is 5.97 Å². The molecular formula is C25H26N2O4. The number of carbonyl (C=O) groups is 2. The van der Waals surface area contributed by atoms with E-state index in [4.69, 9.17) is 4.74 Å². The molecular weight excluding hydrogens is 392 g/mol. The van der Waals surface area contributed by atoms with Crippen LogP contribution >= 0.6 is 0 Å². The van der Waals surface area contributed by atoms with E-state index < -0.39 is 17.6 Å². The number of nitrogens with zero attached hydrogens (tertiary/aromatic N) is 1. The monoisotopic (exact) mass is 418 g/mol. The number of rotatable bonds is 8. The van der Waals surface area contributed by atoms with Crippen LogP contribution in [0.4, 0.5) is 5.69 Å². The van der Waals surface area contributed by atoms with Gasteiger partial charge in [-0.25, -0.2) is 4.79 Å². The van der Waals surface area contributed by atoms with Crippen LogP contribution in [-0.2, 0) is 27.2 Å². The highest BCUT2D eigenvalue weighted by Crippen LogP contribution is 2.16. The van der Waals surface area contributed by atoms with E-state index in [1.54, 1.807) is 19.1 Å². The fourth-order valence-electron chi connectivity index (χ4n) is 3.45. The number of aryl methyl sites for hydroxylation is 1. The van der Waals surface area contributed by atoms with Crippen molar-refractivity contribution in [3.05, 3.63) is 100.0 Å². The lowest BCUT2D eigenvalue weighted by Gasteiger charge is -2.19. The highest BCUT2D eigenvalue weighted by atomic mass is 16.5. The van der Waals surface area contributed by atoms with Crippen molar-refractivity contribution >= 4 is 17.6 Å². The maximum Gasteiger partial charge on any atom is 0.328 e. The third-order valence-electron chi connectivity index (χ3n) is 5.12. The number of methoxy groups -OCH3 is 1. The predicted molar refractivity (Wildman–Crippen MR) is 120 cm³/mol. The van der Waals surface area contributed by atoms with E-state index in [0.29, 0.717) is 18.5 Å². The minimum atomic E-state index is -0.822. The summed E-state index contributed by atoms with van der Waals surface area (Å²) in [6.07, 6.45) is 1.30. The normalized spacial score (nSPS) is 11.5. The second-order valence-electron chi connectivity index (χ2n) is 7.31. The zero-order chi connectivity index (χ0) is 22.2. The van der Waals surface area contributed by atoms with Gasteiger partial charge in [0, 0.05) is 18.5 Å². The van der Waals surface area contributed by atoms with Gasteiger partial charge in [-0.05, 0) is 36.6 Å². The summed E-state index contributed by atoms with van der Waals surface area (Å²) in [7, 11) is 1.29. The van der Waals surface area contributed by atoms with Crippen molar-refractivity contribution in [3.8, 4) is 0 Å². The molecule has 1 N–H and O–H groups in total. The van der Waals surface area contributed by atoms with Crippen LogP contribution in [0, 0.1) is 0 Å². The van der Waals surface area contributed by atoms with E-state index in [-0.39, 0.29) is 18.0 Å². The molecule has 0 radical (unpaired) electrons. The second-order valence-corrected chi connectivity index (χ2v) is 7.31. The molecule has 0 spiro atoms. The first-order valence-corrected chi connectivity index (χ1v) is 10.2. The zero-order valence-corrected chi connectivity index (χ0v) is 17.7. The highest BCUT2D eigenvalue weighted by molar-refractivity contribution is 5.90. The number of benzene rings is 2. The summed E-state index contributed by atoms with van der Waals surface area (Å²) in [5.41, 5.74) is 2.43. The van der Waals surface area contributed by atoms with E-state index in [0.717, 1.165) is 11.1 Å². The topological polar surface area (TPSA) is 77.4 Å². The van der Waals surface area contributed by atoms with Gasteiger partial charge < -0.3 is 10.1 Å². The van der Waals surface area contributed by atoms with E-state index in [9.17, 15) is 14.4 Å². The number of amides is 1. The molecule has 0 bridgehead atoms. The minimum absolute atomic E-state index is 0.144. The molecule has 3 aromatic rings. The van der Waals surface area contributed by atoms with Crippen molar-refractivity contribution in [2.24, 2.45) is 0 Å². The van der Waals surface area contributed by atoms with Crippen LogP contribution in [0.15, 0.2) is 77.6 Å². The summed E-state index contributed by atoms with van der Waals surface area (Å²) in [6.45, 7) is 1.61. The Hall–Kier alpha value is -3.67. The number of esters is 1. The molecule has 0 saturated heterocycles. The Morgan fingerprint density at radius 3 is 2.16 bits per heavy atom. The summed E-state index contributed by atoms with van der Waals surface area (Å²) >= 11 is 0. The van der Waals surface area contributed by atoms with Crippen molar-refractivity contribution in [1.82, 2.24) is 4.57 Å². The average Bonchev–Trinajstić information content (AvgIpc) is 2.80. The summed E-state index contributed by atoms with van der Waals surface area (Å²) in [5.74, 6) is -0.780. The van der Waals surface area contributed by atoms with Crippen molar-refractivity contribution < 1.29 is 14.3 Å². The average molecular weight is 418 g/mol. The first kappa shape index (κ1) is 22.0. The van der Waals surface area contributed by atoms with E-state index >= 15 is 0 Å². The molecule has 2 aromatic carbocycles. The Labute approximate surface area is 181 Å². The van der Waals surface area contributed by atoms with Gasteiger partial charge in [0.2, 0.25) is 5.91 Å². The summed E-state index contributed by atoms with van der Waals surface area (Å²) in [4.78, 5) is 37.8. The first-order valence-electron chi connectivity index (χ1n) is 10.2. The predicted octanol–water partition coefficient (Wildman–Crippen LogP) is 3.74. The van der Waals surface area contributed by atoms with E-state index in [1.807, 2.05) is 60.7 Å². The smallest absolute Gasteiger partial charge is 0.328 e. The molecule has 6 nitrogen and oxygen atoms in total. The number of hydrogen-bond donors (Lipinski definition) is 1. The molecule has 1 atom stereocenters. The molecule has 0 aliphatic rings. The van der Waals surface area contributed by atoms with Gasteiger partial charge in [0.15, 0.2) is 0 Å². The largest absolute Gasteiger partial charge is 0.467 e. The van der Waals surface area contributed by atoms with Crippen LogP contribution in [0.1, 0.15) is 36.2 Å². The zero-order valence-electron chi connectivity index (χ0n) is 17.7. The van der Waals surface area contributed by atoms with Crippen molar-refractivity contribution in [2.45, 2.75) is 32.2 Å². The Morgan fingerprint density at radius 1 is 0.935 bits per heavy atom. The molecule has 1 aromatic heterocycles. The summed E-state index contributed by atoms with van der Waals surface area (Å²) in [5, 5.41) is 2.70. The first-order chi connectivity index (χ1) is 15.0. The lowest BCUT2D eigenvalue weighted by molar-refractivity contribution is -0.144. The number of pyridine rings is 1.